The lowest BCUT2D eigenvalue weighted by atomic mass is 9.98. The number of ether oxygens (including phenoxy) is 1. The summed E-state index contributed by atoms with van der Waals surface area (Å²) in [6.07, 6.45) is -2.06. The Morgan fingerprint density at radius 3 is 2.79 bits per heavy atom. The first kappa shape index (κ1) is 11.4. The number of piperidine rings is 1. The van der Waals surface area contributed by atoms with Gasteiger partial charge in [0.15, 0.2) is 6.04 Å². The quantitative estimate of drug-likeness (QED) is 0.487. The molecular weight excluding hydrogens is 190 g/mol. The van der Waals surface area contributed by atoms with Gasteiger partial charge in [0.25, 0.3) is 0 Å². The van der Waals surface area contributed by atoms with E-state index in [9.17, 15) is 20.2 Å². The first-order chi connectivity index (χ1) is 6.57. The molecule has 0 spiro atoms. The van der Waals surface area contributed by atoms with Crippen LogP contribution in [0.5, 0.6) is 0 Å². The van der Waals surface area contributed by atoms with Gasteiger partial charge in [-0.25, -0.2) is 0 Å². The molecule has 1 aliphatic heterocycles. The average Bonchev–Trinajstić information content (AvgIpc) is 2.13. The van der Waals surface area contributed by atoms with Crippen molar-refractivity contribution in [3.8, 4) is 0 Å². The molecule has 1 fully saturated rings. The second-order valence-electron chi connectivity index (χ2n) is 3.21. The molecule has 0 aromatic heterocycles. The fourth-order valence-electron chi connectivity index (χ4n) is 1.45. The number of carbonyl (C=O) groups excluding carboxylic acids is 1. The third kappa shape index (κ3) is 2.21. The van der Waals surface area contributed by atoms with Crippen molar-refractivity contribution in [2.45, 2.75) is 31.6 Å². The first-order valence-corrected chi connectivity index (χ1v) is 4.56. The van der Waals surface area contributed by atoms with E-state index in [1.54, 1.807) is 6.92 Å². The largest absolute Gasteiger partial charge is 0.465 e. The normalized spacial score (nSPS) is 34.1. The number of hydrogen-bond acceptors (Lipinski definition) is 6. The molecule has 0 radical (unpaired) electrons. The number of nitrogens with zero attached hydrogens (tertiary/aromatic N) is 1. The smallest absolute Gasteiger partial charge is 0.328 e. The topological polar surface area (TPSA) is 90.2 Å². The van der Waals surface area contributed by atoms with Crippen molar-refractivity contribution < 1.29 is 25.0 Å². The van der Waals surface area contributed by atoms with Crippen LogP contribution in [-0.4, -0.2) is 57.9 Å². The van der Waals surface area contributed by atoms with Crippen LogP contribution in [0.4, 0.5) is 0 Å². The van der Waals surface area contributed by atoms with E-state index in [1.165, 1.54) is 0 Å². The maximum atomic E-state index is 11.3. The Morgan fingerprint density at radius 2 is 2.21 bits per heavy atom. The van der Waals surface area contributed by atoms with Crippen molar-refractivity contribution in [2.24, 2.45) is 0 Å². The average molecular weight is 205 g/mol. The van der Waals surface area contributed by atoms with Crippen LogP contribution in [0.1, 0.15) is 13.3 Å². The first-order valence-electron chi connectivity index (χ1n) is 4.56. The molecule has 3 atom stereocenters. The zero-order valence-electron chi connectivity index (χ0n) is 7.96. The van der Waals surface area contributed by atoms with Crippen LogP contribution in [0.25, 0.3) is 0 Å². The summed E-state index contributed by atoms with van der Waals surface area (Å²) in [4.78, 5) is 11.3. The molecule has 6 nitrogen and oxygen atoms in total. The maximum absolute atomic E-state index is 11.3. The van der Waals surface area contributed by atoms with E-state index in [4.69, 9.17) is 0 Å². The van der Waals surface area contributed by atoms with E-state index in [0.717, 1.165) is 0 Å². The van der Waals surface area contributed by atoms with Gasteiger partial charge in [0.05, 0.1) is 12.7 Å². The monoisotopic (exact) mass is 205 g/mol. The van der Waals surface area contributed by atoms with E-state index in [-0.39, 0.29) is 19.6 Å². The Hall–Kier alpha value is -0.690. The Bertz CT molecular complexity index is 210. The summed E-state index contributed by atoms with van der Waals surface area (Å²) < 4.78 is 4.66. The van der Waals surface area contributed by atoms with Crippen LogP contribution in [0.3, 0.4) is 0 Å². The number of esters is 1. The lowest BCUT2D eigenvalue weighted by Gasteiger charge is -2.35. The van der Waals surface area contributed by atoms with Gasteiger partial charge in [-0.05, 0) is 13.3 Å². The molecule has 82 valence electrons. The van der Waals surface area contributed by atoms with Gasteiger partial charge in [-0.15, -0.1) is 0 Å². The minimum atomic E-state index is -1.30. The number of aliphatic hydroxyl groups excluding tert-OH is 2. The second-order valence-corrected chi connectivity index (χ2v) is 3.21. The Labute approximate surface area is 81.7 Å². The van der Waals surface area contributed by atoms with Gasteiger partial charge in [-0.1, -0.05) is 0 Å². The molecule has 3 N–H and O–H groups in total. The van der Waals surface area contributed by atoms with E-state index in [1.807, 2.05) is 0 Å². The minimum absolute atomic E-state index is 0.141. The molecule has 2 unspecified atom stereocenters. The molecule has 1 heterocycles. The zero-order chi connectivity index (χ0) is 10.7. The van der Waals surface area contributed by atoms with E-state index < -0.39 is 24.2 Å². The second kappa shape index (κ2) is 4.70. The molecule has 0 bridgehead atoms. The third-order valence-corrected chi connectivity index (χ3v) is 2.22. The fourth-order valence-corrected chi connectivity index (χ4v) is 1.45. The maximum Gasteiger partial charge on any atom is 0.328 e. The molecule has 0 amide bonds. The van der Waals surface area contributed by atoms with Crippen molar-refractivity contribution in [3.63, 3.8) is 0 Å². The molecule has 0 aromatic rings. The Morgan fingerprint density at radius 1 is 1.57 bits per heavy atom. The Kier molecular flexibility index (Phi) is 3.82. The fraction of sp³-hybridized carbons (Fsp3) is 0.875. The van der Waals surface area contributed by atoms with Crippen LogP contribution in [-0.2, 0) is 9.53 Å². The molecule has 0 saturated carbocycles. The Balaban J connectivity index is 2.66. The zero-order valence-corrected chi connectivity index (χ0v) is 7.96. The predicted molar refractivity (Wildman–Crippen MR) is 45.5 cm³/mol. The minimum Gasteiger partial charge on any atom is -0.465 e. The van der Waals surface area contributed by atoms with Crippen molar-refractivity contribution >= 4 is 5.97 Å². The summed E-state index contributed by atoms with van der Waals surface area (Å²) in [5.41, 5.74) is 0. The van der Waals surface area contributed by atoms with Crippen LogP contribution < -0.4 is 0 Å². The van der Waals surface area contributed by atoms with Gasteiger partial charge in [0.1, 0.15) is 6.10 Å². The molecule has 14 heavy (non-hydrogen) atoms. The number of carbonyl (C=O) groups is 1. The standard InChI is InChI=1S/C8H15NO5/c1-2-14-8(12)6-7(11)5(10)3-4-9(6)13/h5-7,10-11,13H,2-4H2,1H3/t5?,6-,7?/m0/s1. The van der Waals surface area contributed by atoms with Gasteiger partial charge in [0, 0.05) is 6.54 Å². The number of rotatable bonds is 2. The van der Waals surface area contributed by atoms with Crippen LogP contribution in [0, 0.1) is 0 Å². The van der Waals surface area contributed by atoms with Crippen molar-refractivity contribution in [1.29, 1.82) is 0 Å². The highest BCUT2D eigenvalue weighted by Gasteiger charge is 2.41. The van der Waals surface area contributed by atoms with E-state index >= 15 is 0 Å². The molecular formula is C8H15NO5. The summed E-state index contributed by atoms with van der Waals surface area (Å²) in [5.74, 6) is -0.721. The summed E-state index contributed by atoms with van der Waals surface area (Å²) in [7, 11) is 0. The SMILES string of the molecule is CCOC(=O)[C@@H]1C(O)C(O)CCN1O. The number of hydroxylamine groups is 2. The van der Waals surface area contributed by atoms with Crippen molar-refractivity contribution in [3.05, 3.63) is 0 Å². The summed E-state index contributed by atoms with van der Waals surface area (Å²) in [6.45, 7) is 1.94. The van der Waals surface area contributed by atoms with E-state index in [2.05, 4.69) is 4.74 Å². The molecule has 6 heteroatoms. The van der Waals surface area contributed by atoms with Crippen LogP contribution in [0.15, 0.2) is 0 Å². The number of hydrogen-bond donors (Lipinski definition) is 3. The highest BCUT2D eigenvalue weighted by molar-refractivity contribution is 5.76. The molecule has 1 rings (SSSR count). The molecule has 1 aliphatic rings. The summed E-state index contributed by atoms with van der Waals surface area (Å²) >= 11 is 0. The molecule has 0 aromatic carbocycles. The van der Waals surface area contributed by atoms with Gasteiger partial charge >= 0.3 is 5.97 Å². The van der Waals surface area contributed by atoms with Gasteiger partial charge in [-0.2, -0.15) is 5.06 Å². The lowest BCUT2D eigenvalue weighted by Crippen LogP contribution is -2.57. The van der Waals surface area contributed by atoms with Gasteiger partial charge < -0.3 is 20.2 Å². The van der Waals surface area contributed by atoms with Crippen LogP contribution >= 0.6 is 0 Å². The van der Waals surface area contributed by atoms with Gasteiger partial charge in [-0.3, -0.25) is 4.79 Å². The number of aliphatic hydroxyl groups is 2. The van der Waals surface area contributed by atoms with E-state index in [0.29, 0.717) is 5.06 Å². The van der Waals surface area contributed by atoms with Crippen molar-refractivity contribution in [2.75, 3.05) is 13.2 Å². The third-order valence-electron chi connectivity index (χ3n) is 2.22. The van der Waals surface area contributed by atoms with Crippen LogP contribution in [0.2, 0.25) is 0 Å². The molecule has 1 saturated heterocycles. The summed E-state index contributed by atoms with van der Waals surface area (Å²) in [6, 6.07) is -1.18. The van der Waals surface area contributed by atoms with Crippen molar-refractivity contribution in [1.82, 2.24) is 5.06 Å². The summed E-state index contributed by atoms with van der Waals surface area (Å²) in [5, 5.41) is 28.8. The van der Waals surface area contributed by atoms with Gasteiger partial charge in [0.2, 0.25) is 0 Å². The predicted octanol–water partition coefficient (Wildman–Crippen LogP) is -1.27. The lowest BCUT2D eigenvalue weighted by molar-refractivity contribution is -0.214. The highest BCUT2D eigenvalue weighted by atomic mass is 16.6. The highest BCUT2D eigenvalue weighted by Crippen LogP contribution is 2.17. The molecule has 0 aliphatic carbocycles.